The van der Waals surface area contributed by atoms with Gasteiger partial charge in [0.15, 0.2) is 11.5 Å². The smallest absolute Gasteiger partial charge is 0.288 e. The molecule has 0 spiro atoms. The van der Waals surface area contributed by atoms with Crippen LogP contribution < -0.4 is 10.1 Å². The molecule has 0 saturated carbocycles. The standard InChI is InChI=1S/C20H14ClFN6O4/c21-15-5-4-13(11-16(15)28(30)31)20(29)23-8-9-32-18-7-6-17-24-25-19(27(17)26-18)12-2-1-3-14(22)10-12/h1-7,10-11H,8-9H2,(H,23,29). The molecule has 2 aromatic carbocycles. The summed E-state index contributed by atoms with van der Waals surface area (Å²) in [6.45, 7) is 0.200. The molecule has 0 unspecified atom stereocenters. The first-order chi connectivity index (χ1) is 15.4. The second kappa shape index (κ2) is 8.94. The number of benzene rings is 2. The molecule has 4 aromatic rings. The maximum Gasteiger partial charge on any atom is 0.288 e. The average molecular weight is 457 g/mol. The Labute approximate surface area is 184 Å². The summed E-state index contributed by atoms with van der Waals surface area (Å²) in [5, 5.41) is 25.8. The molecule has 0 radical (unpaired) electrons. The van der Waals surface area contributed by atoms with E-state index >= 15 is 0 Å². The Morgan fingerprint density at radius 1 is 1.19 bits per heavy atom. The highest BCUT2D eigenvalue weighted by atomic mass is 35.5. The van der Waals surface area contributed by atoms with Gasteiger partial charge in [0, 0.05) is 23.3 Å². The number of rotatable bonds is 7. The number of ether oxygens (including phenoxy) is 1. The van der Waals surface area contributed by atoms with Crippen LogP contribution in [0.3, 0.4) is 0 Å². The van der Waals surface area contributed by atoms with Gasteiger partial charge in [0.25, 0.3) is 11.6 Å². The van der Waals surface area contributed by atoms with Gasteiger partial charge in [0.05, 0.1) is 11.5 Å². The van der Waals surface area contributed by atoms with Crippen LogP contribution in [-0.4, -0.2) is 43.8 Å². The third-order valence-corrected chi connectivity index (χ3v) is 4.68. The van der Waals surface area contributed by atoms with Crippen molar-refractivity contribution in [2.24, 2.45) is 0 Å². The molecule has 1 N–H and O–H groups in total. The molecule has 0 aliphatic carbocycles. The van der Waals surface area contributed by atoms with Gasteiger partial charge in [0.2, 0.25) is 5.88 Å². The minimum Gasteiger partial charge on any atom is -0.475 e. The number of halogens is 2. The second-order valence-corrected chi connectivity index (χ2v) is 6.91. The molecule has 2 heterocycles. The number of hydrogen-bond donors (Lipinski definition) is 1. The monoisotopic (exact) mass is 456 g/mol. The summed E-state index contributed by atoms with van der Waals surface area (Å²) in [4.78, 5) is 22.5. The fourth-order valence-electron chi connectivity index (χ4n) is 2.87. The van der Waals surface area contributed by atoms with Crippen LogP contribution in [0.15, 0.2) is 54.6 Å². The maximum absolute atomic E-state index is 13.5. The molecule has 0 aliphatic rings. The number of carbonyl (C=O) groups is 1. The lowest BCUT2D eigenvalue weighted by Crippen LogP contribution is -2.28. The molecular weight excluding hydrogens is 443 g/mol. The van der Waals surface area contributed by atoms with Gasteiger partial charge >= 0.3 is 0 Å². The van der Waals surface area contributed by atoms with E-state index in [-0.39, 0.29) is 35.3 Å². The fraction of sp³-hybridized carbons (Fsp3) is 0.100. The summed E-state index contributed by atoms with van der Waals surface area (Å²) in [6.07, 6.45) is 0. The van der Waals surface area contributed by atoms with E-state index in [1.54, 1.807) is 24.3 Å². The number of amides is 1. The maximum atomic E-state index is 13.5. The van der Waals surface area contributed by atoms with E-state index in [1.165, 1.54) is 28.8 Å². The van der Waals surface area contributed by atoms with Crippen molar-refractivity contribution in [1.29, 1.82) is 0 Å². The second-order valence-electron chi connectivity index (χ2n) is 6.50. The number of nitrogens with zero attached hydrogens (tertiary/aromatic N) is 5. The number of nitrogens with one attached hydrogen (secondary N) is 1. The van der Waals surface area contributed by atoms with Crippen LogP contribution in [0.2, 0.25) is 5.02 Å². The number of hydrogen-bond acceptors (Lipinski definition) is 7. The van der Waals surface area contributed by atoms with E-state index in [2.05, 4.69) is 20.6 Å². The lowest BCUT2D eigenvalue weighted by molar-refractivity contribution is -0.384. The van der Waals surface area contributed by atoms with Gasteiger partial charge in [-0.1, -0.05) is 23.7 Å². The van der Waals surface area contributed by atoms with E-state index in [1.807, 2.05) is 0 Å². The van der Waals surface area contributed by atoms with Crippen molar-refractivity contribution >= 4 is 28.8 Å². The first kappa shape index (κ1) is 21.1. The summed E-state index contributed by atoms with van der Waals surface area (Å²) in [5.74, 6) is -0.327. The number of nitro benzene ring substituents is 1. The summed E-state index contributed by atoms with van der Waals surface area (Å²) >= 11 is 5.75. The van der Waals surface area contributed by atoms with Gasteiger partial charge in [-0.2, -0.15) is 4.52 Å². The number of fused-ring (bicyclic) bond motifs is 1. The highest BCUT2D eigenvalue weighted by Crippen LogP contribution is 2.25. The molecule has 162 valence electrons. The van der Waals surface area contributed by atoms with Gasteiger partial charge in [-0.05, 0) is 30.3 Å². The molecule has 0 bridgehead atoms. The molecule has 32 heavy (non-hydrogen) atoms. The van der Waals surface area contributed by atoms with Crippen LogP contribution in [0.25, 0.3) is 17.0 Å². The van der Waals surface area contributed by atoms with E-state index in [4.69, 9.17) is 16.3 Å². The Kier molecular flexibility index (Phi) is 5.90. The Bertz CT molecular complexity index is 1330. The molecule has 4 rings (SSSR count). The molecular formula is C20H14ClFN6O4. The van der Waals surface area contributed by atoms with Gasteiger partial charge in [-0.3, -0.25) is 14.9 Å². The molecule has 12 heteroatoms. The zero-order chi connectivity index (χ0) is 22.7. The van der Waals surface area contributed by atoms with E-state index in [9.17, 15) is 19.3 Å². The van der Waals surface area contributed by atoms with Crippen molar-refractivity contribution in [3.05, 3.63) is 81.1 Å². The summed E-state index contributed by atoms with van der Waals surface area (Å²) in [6, 6.07) is 12.9. The minimum atomic E-state index is -0.660. The van der Waals surface area contributed by atoms with Crippen LogP contribution in [0.5, 0.6) is 5.88 Å². The molecule has 0 saturated heterocycles. The van der Waals surface area contributed by atoms with E-state index < -0.39 is 16.6 Å². The van der Waals surface area contributed by atoms with Crippen LogP contribution in [0.1, 0.15) is 10.4 Å². The third kappa shape index (κ3) is 4.47. The SMILES string of the molecule is O=C(NCCOc1ccc2nnc(-c3cccc(F)c3)n2n1)c1ccc(Cl)c([N+](=O)[O-])c1. The Hall–Kier alpha value is -4.12. The summed E-state index contributed by atoms with van der Waals surface area (Å²) in [7, 11) is 0. The molecule has 10 nitrogen and oxygen atoms in total. The van der Waals surface area contributed by atoms with E-state index in [0.717, 1.165) is 6.07 Å². The van der Waals surface area contributed by atoms with Gasteiger partial charge in [-0.15, -0.1) is 15.3 Å². The van der Waals surface area contributed by atoms with Crippen molar-refractivity contribution in [3.8, 4) is 17.3 Å². The quantitative estimate of drug-likeness (QED) is 0.257. The minimum absolute atomic E-state index is 0.0528. The topological polar surface area (TPSA) is 125 Å². The lowest BCUT2D eigenvalue weighted by Gasteiger charge is -2.08. The van der Waals surface area contributed by atoms with E-state index in [0.29, 0.717) is 17.0 Å². The highest BCUT2D eigenvalue weighted by Gasteiger charge is 2.16. The fourth-order valence-corrected chi connectivity index (χ4v) is 3.06. The van der Waals surface area contributed by atoms with Crippen molar-refractivity contribution < 1.29 is 18.8 Å². The van der Waals surface area contributed by atoms with Gasteiger partial charge in [-0.25, -0.2) is 4.39 Å². The van der Waals surface area contributed by atoms with Crippen molar-refractivity contribution in [3.63, 3.8) is 0 Å². The van der Waals surface area contributed by atoms with Gasteiger partial charge < -0.3 is 10.1 Å². The zero-order valence-corrected chi connectivity index (χ0v) is 17.0. The Morgan fingerprint density at radius 3 is 2.81 bits per heavy atom. The number of aromatic nitrogens is 4. The van der Waals surface area contributed by atoms with Crippen LogP contribution in [-0.2, 0) is 0 Å². The van der Waals surface area contributed by atoms with Crippen molar-refractivity contribution in [1.82, 2.24) is 25.1 Å². The number of carbonyl (C=O) groups excluding carboxylic acids is 1. The summed E-state index contributed by atoms with van der Waals surface area (Å²) < 4.78 is 20.5. The molecule has 1 amide bonds. The zero-order valence-electron chi connectivity index (χ0n) is 16.2. The molecule has 0 aliphatic heterocycles. The van der Waals surface area contributed by atoms with Crippen LogP contribution in [0, 0.1) is 15.9 Å². The first-order valence-corrected chi connectivity index (χ1v) is 9.63. The predicted octanol–water partition coefficient (Wildman–Crippen LogP) is 3.30. The van der Waals surface area contributed by atoms with Crippen molar-refractivity contribution in [2.75, 3.05) is 13.2 Å². The number of nitro groups is 1. The first-order valence-electron chi connectivity index (χ1n) is 9.26. The summed E-state index contributed by atoms with van der Waals surface area (Å²) in [5.41, 5.74) is 0.710. The Morgan fingerprint density at radius 2 is 2.03 bits per heavy atom. The van der Waals surface area contributed by atoms with Crippen LogP contribution >= 0.6 is 11.6 Å². The third-order valence-electron chi connectivity index (χ3n) is 4.36. The molecule has 0 fully saturated rings. The Balaban J connectivity index is 1.40. The lowest BCUT2D eigenvalue weighted by atomic mass is 10.2. The van der Waals surface area contributed by atoms with Gasteiger partial charge in [0.1, 0.15) is 17.4 Å². The average Bonchev–Trinajstić information content (AvgIpc) is 3.20. The molecule has 0 atom stereocenters. The normalized spacial score (nSPS) is 10.8. The largest absolute Gasteiger partial charge is 0.475 e. The highest BCUT2D eigenvalue weighted by molar-refractivity contribution is 6.32. The predicted molar refractivity (Wildman–Crippen MR) is 112 cm³/mol. The van der Waals surface area contributed by atoms with Crippen LogP contribution in [0.4, 0.5) is 10.1 Å². The van der Waals surface area contributed by atoms with Crippen molar-refractivity contribution in [2.45, 2.75) is 0 Å². The molecule has 2 aromatic heterocycles.